The molecule has 1 aliphatic heterocycles. The van der Waals surface area contributed by atoms with Crippen LogP contribution >= 0.6 is 23.2 Å². The number of aliphatic hydroxyl groups is 1. The van der Waals surface area contributed by atoms with E-state index in [2.05, 4.69) is 4.90 Å². The van der Waals surface area contributed by atoms with Crippen LogP contribution in [0.4, 0.5) is 5.69 Å². The third kappa shape index (κ3) is 2.43. The minimum atomic E-state index is -0.00834. The maximum absolute atomic E-state index is 9.27. The van der Waals surface area contributed by atoms with Crippen molar-refractivity contribution in [1.29, 1.82) is 0 Å². The zero-order valence-corrected chi connectivity index (χ0v) is 10.2. The van der Waals surface area contributed by atoms with E-state index in [1.54, 1.807) is 6.07 Å². The van der Waals surface area contributed by atoms with E-state index in [0.717, 1.165) is 12.2 Å². The van der Waals surface area contributed by atoms with E-state index in [1.165, 1.54) is 0 Å². The monoisotopic (exact) mass is 261 g/mol. The van der Waals surface area contributed by atoms with Gasteiger partial charge in [-0.25, -0.2) is 0 Å². The number of aliphatic hydroxyl groups excluding tert-OH is 1. The Morgan fingerprint density at radius 1 is 1.38 bits per heavy atom. The minimum Gasteiger partial charge on any atom is -0.394 e. The van der Waals surface area contributed by atoms with Crippen LogP contribution in [0.3, 0.4) is 0 Å². The summed E-state index contributed by atoms with van der Waals surface area (Å²) in [6.07, 6.45) is 0. The van der Waals surface area contributed by atoms with Crippen molar-refractivity contribution in [3.63, 3.8) is 0 Å². The molecule has 0 aromatic heterocycles. The van der Waals surface area contributed by atoms with Gasteiger partial charge in [0.05, 0.1) is 35.9 Å². The average Bonchev–Trinajstić information content (AvgIpc) is 2.32. The zero-order chi connectivity index (χ0) is 11.5. The quantitative estimate of drug-likeness (QED) is 0.886. The summed E-state index contributed by atoms with van der Waals surface area (Å²) >= 11 is 11.8. The molecule has 1 unspecified atom stereocenters. The molecule has 0 saturated carbocycles. The van der Waals surface area contributed by atoms with Gasteiger partial charge < -0.3 is 14.7 Å². The van der Waals surface area contributed by atoms with E-state index in [4.69, 9.17) is 27.9 Å². The number of hydrogen-bond donors (Lipinski definition) is 1. The normalized spacial score (nSPS) is 21.2. The van der Waals surface area contributed by atoms with Crippen molar-refractivity contribution in [2.75, 3.05) is 31.3 Å². The topological polar surface area (TPSA) is 32.7 Å². The van der Waals surface area contributed by atoms with E-state index in [0.29, 0.717) is 23.3 Å². The molecule has 1 aromatic carbocycles. The molecule has 0 radical (unpaired) electrons. The van der Waals surface area contributed by atoms with Gasteiger partial charge in [-0.1, -0.05) is 23.2 Å². The van der Waals surface area contributed by atoms with Gasteiger partial charge in [-0.05, 0) is 18.2 Å². The van der Waals surface area contributed by atoms with Gasteiger partial charge in [-0.2, -0.15) is 0 Å². The third-order valence-corrected chi connectivity index (χ3v) is 3.41. The molecule has 88 valence electrons. The average molecular weight is 262 g/mol. The summed E-state index contributed by atoms with van der Waals surface area (Å²) in [7, 11) is 0. The van der Waals surface area contributed by atoms with E-state index in [-0.39, 0.29) is 12.6 Å². The lowest BCUT2D eigenvalue weighted by atomic mass is 10.2. The van der Waals surface area contributed by atoms with Crippen molar-refractivity contribution in [3.05, 3.63) is 28.2 Å². The van der Waals surface area contributed by atoms with Crippen molar-refractivity contribution in [2.45, 2.75) is 6.04 Å². The molecule has 0 amide bonds. The van der Waals surface area contributed by atoms with Gasteiger partial charge in [0.2, 0.25) is 0 Å². The lowest BCUT2D eigenvalue weighted by Crippen LogP contribution is -2.47. The first-order valence-corrected chi connectivity index (χ1v) is 5.88. The van der Waals surface area contributed by atoms with Crippen LogP contribution in [0.5, 0.6) is 0 Å². The predicted molar refractivity (Wildman–Crippen MR) is 65.5 cm³/mol. The highest BCUT2D eigenvalue weighted by molar-refractivity contribution is 6.42. The molecule has 2 rings (SSSR count). The second-order valence-corrected chi connectivity index (χ2v) is 4.52. The number of benzene rings is 1. The molecule has 1 atom stereocenters. The second kappa shape index (κ2) is 5.23. The molecule has 1 heterocycles. The highest BCUT2D eigenvalue weighted by Crippen LogP contribution is 2.28. The Kier molecular flexibility index (Phi) is 3.92. The van der Waals surface area contributed by atoms with Crippen molar-refractivity contribution in [3.8, 4) is 0 Å². The van der Waals surface area contributed by atoms with E-state index in [1.807, 2.05) is 12.1 Å². The van der Waals surface area contributed by atoms with Gasteiger partial charge in [0.15, 0.2) is 0 Å². The molecule has 1 saturated heterocycles. The van der Waals surface area contributed by atoms with Gasteiger partial charge in [-0.3, -0.25) is 0 Å². The fourth-order valence-corrected chi connectivity index (χ4v) is 2.10. The molecule has 5 heteroatoms. The Hall–Kier alpha value is -0.480. The van der Waals surface area contributed by atoms with Crippen LogP contribution in [0.15, 0.2) is 18.2 Å². The smallest absolute Gasteiger partial charge is 0.0755 e. The van der Waals surface area contributed by atoms with Crippen molar-refractivity contribution >= 4 is 28.9 Å². The Bertz CT molecular complexity index is 373. The van der Waals surface area contributed by atoms with E-state index in [9.17, 15) is 5.11 Å². The van der Waals surface area contributed by atoms with Crippen LogP contribution in [0, 0.1) is 0 Å². The lowest BCUT2D eigenvalue weighted by molar-refractivity contribution is 0.0727. The van der Waals surface area contributed by atoms with Crippen LogP contribution in [0.25, 0.3) is 0 Å². The molecule has 1 N–H and O–H groups in total. The minimum absolute atomic E-state index is 0.00834. The second-order valence-electron chi connectivity index (χ2n) is 3.70. The summed E-state index contributed by atoms with van der Waals surface area (Å²) in [6.45, 7) is 2.02. The summed E-state index contributed by atoms with van der Waals surface area (Å²) in [5.74, 6) is 0. The largest absolute Gasteiger partial charge is 0.394 e. The van der Waals surface area contributed by atoms with E-state index >= 15 is 0 Å². The Labute approximate surface area is 105 Å². The predicted octanol–water partition coefficient (Wildman–Crippen LogP) is 2.19. The van der Waals surface area contributed by atoms with Crippen LogP contribution in [-0.4, -0.2) is 37.5 Å². The summed E-state index contributed by atoms with van der Waals surface area (Å²) < 4.78 is 5.32. The number of morpholine rings is 1. The number of nitrogens with zero attached hydrogens (tertiary/aromatic N) is 1. The molecule has 0 bridgehead atoms. The highest BCUT2D eigenvalue weighted by Gasteiger charge is 2.22. The molecule has 3 nitrogen and oxygen atoms in total. The van der Waals surface area contributed by atoms with Gasteiger partial charge in [-0.15, -0.1) is 0 Å². The van der Waals surface area contributed by atoms with Crippen molar-refractivity contribution < 1.29 is 9.84 Å². The Morgan fingerprint density at radius 2 is 2.19 bits per heavy atom. The highest BCUT2D eigenvalue weighted by atomic mass is 35.5. The van der Waals surface area contributed by atoms with Crippen LogP contribution in [-0.2, 0) is 4.74 Å². The van der Waals surface area contributed by atoms with Gasteiger partial charge in [0, 0.05) is 12.2 Å². The first-order chi connectivity index (χ1) is 7.72. The van der Waals surface area contributed by atoms with Gasteiger partial charge in [0.25, 0.3) is 0 Å². The SMILES string of the molecule is OCC1COCCN1c1ccc(Cl)c(Cl)c1. The Morgan fingerprint density at radius 3 is 2.88 bits per heavy atom. The maximum atomic E-state index is 9.27. The van der Waals surface area contributed by atoms with E-state index < -0.39 is 0 Å². The number of halogens is 2. The molecule has 1 aliphatic rings. The number of hydrogen-bond acceptors (Lipinski definition) is 3. The zero-order valence-electron chi connectivity index (χ0n) is 8.70. The van der Waals surface area contributed by atoms with Crippen LogP contribution in [0.2, 0.25) is 10.0 Å². The summed E-state index contributed by atoms with van der Waals surface area (Å²) in [6, 6.07) is 5.48. The fourth-order valence-electron chi connectivity index (χ4n) is 1.81. The fraction of sp³-hybridized carbons (Fsp3) is 0.455. The number of ether oxygens (including phenoxy) is 1. The molecular weight excluding hydrogens is 249 g/mol. The van der Waals surface area contributed by atoms with Crippen LogP contribution in [0.1, 0.15) is 0 Å². The van der Waals surface area contributed by atoms with Gasteiger partial charge in [0.1, 0.15) is 0 Å². The molecule has 1 aromatic rings. The Balaban J connectivity index is 2.23. The van der Waals surface area contributed by atoms with Crippen molar-refractivity contribution in [1.82, 2.24) is 0 Å². The standard InChI is InChI=1S/C11H13Cl2NO2/c12-10-2-1-8(5-11(10)13)14-3-4-16-7-9(14)6-15/h1-2,5,9,15H,3-4,6-7H2. The lowest BCUT2D eigenvalue weighted by Gasteiger charge is -2.36. The molecule has 0 spiro atoms. The number of rotatable bonds is 2. The first-order valence-electron chi connectivity index (χ1n) is 5.12. The maximum Gasteiger partial charge on any atom is 0.0755 e. The summed E-state index contributed by atoms with van der Waals surface area (Å²) in [5.41, 5.74) is 0.969. The molecule has 0 aliphatic carbocycles. The first kappa shape index (κ1) is 12.0. The van der Waals surface area contributed by atoms with Crippen molar-refractivity contribution in [2.24, 2.45) is 0 Å². The van der Waals surface area contributed by atoms with Crippen LogP contribution < -0.4 is 4.90 Å². The molecule has 1 fully saturated rings. The number of anilines is 1. The summed E-state index contributed by atoms with van der Waals surface area (Å²) in [4.78, 5) is 2.09. The third-order valence-electron chi connectivity index (χ3n) is 2.67. The summed E-state index contributed by atoms with van der Waals surface area (Å²) in [5, 5.41) is 10.3. The van der Waals surface area contributed by atoms with Gasteiger partial charge >= 0.3 is 0 Å². The molecular formula is C11H13Cl2NO2. The molecule has 16 heavy (non-hydrogen) atoms.